The number of hydrogen-bond donors (Lipinski definition) is 3. The summed E-state index contributed by atoms with van der Waals surface area (Å²) in [6, 6.07) is 4.26. The summed E-state index contributed by atoms with van der Waals surface area (Å²) >= 11 is 0. The molecule has 20 heavy (non-hydrogen) atoms. The van der Waals surface area contributed by atoms with E-state index >= 15 is 0 Å². The molecule has 1 aromatic carbocycles. The lowest BCUT2D eigenvalue weighted by Gasteiger charge is -2.20. The van der Waals surface area contributed by atoms with Gasteiger partial charge in [-0.05, 0) is 29.3 Å². The van der Waals surface area contributed by atoms with E-state index in [0.717, 1.165) is 6.08 Å². The number of carbonyl (C=O) groups is 1. The third-order valence-electron chi connectivity index (χ3n) is 2.64. The molecular weight excluding hydrogens is 265 g/mol. The van der Waals surface area contributed by atoms with Crippen molar-refractivity contribution in [2.45, 2.75) is 6.54 Å². The number of hydrogen-bond acceptors (Lipinski definition) is 4. The molecule has 0 unspecified atom stereocenters. The number of carboxylic acid groups (broad SMARTS) is 1. The predicted octanol–water partition coefficient (Wildman–Crippen LogP) is 0.710. The van der Waals surface area contributed by atoms with E-state index in [0.29, 0.717) is 30.8 Å². The second-order valence-electron chi connectivity index (χ2n) is 4.29. The van der Waals surface area contributed by atoms with Gasteiger partial charge in [-0.15, -0.1) is 0 Å². The molecule has 0 radical (unpaired) electrons. The molecule has 0 saturated heterocycles. The summed E-state index contributed by atoms with van der Waals surface area (Å²) in [6.45, 7) is 1.00. The van der Waals surface area contributed by atoms with E-state index in [9.17, 15) is 9.18 Å². The molecule has 3 N–H and O–H groups in total. The first kappa shape index (κ1) is 16.3. The van der Waals surface area contributed by atoms with E-state index in [2.05, 4.69) is 0 Å². The molecule has 1 aromatic rings. The monoisotopic (exact) mass is 283 g/mol. The average molecular weight is 283 g/mol. The highest BCUT2D eigenvalue weighted by atomic mass is 19.1. The lowest BCUT2D eigenvalue weighted by Crippen LogP contribution is -2.29. The van der Waals surface area contributed by atoms with Crippen molar-refractivity contribution in [1.29, 1.82) is 0 Å². The lowest BCUT2D eigenvalue weighted by atomic mass is 10.1. The SMILES string of the molecule is O=C(O)C=Cc1cc(F)cc(CN(CCO)CCO)c1. The number of aliphatic hydroxyl groups is 2. The van der Waals surface area contributed by atoms with E-state index in [1.807, 2.05) is 0 Å². The van der Waals surface area contributed by atoms with Gasteiger partial charge in [0.25, 0.3) is 0 Å². The third-order valence-corrected chi connectivity index (χ3v) is 2.64. The first-order chi connectivity index (χ1) is 9.55. The molecule has 0 fully saturated rings. The number of rotatable bonds is 8. The van der Waals surface area contributed by atoms with Crippen LogP contribution in [0.15, 0.2) is 24.3 Å². The molecule has 110 valence electrons. The minimum Gasteiger partial charge on any atom is -0.478 e. The highest BCUT2D eigenvalue weighted by Gasteiger charge is 2.07. The van der Waals surface area contributed by atoms with Crippen molar-refractivity contribution in [3.63, 3.8) is 0 Å². The van der Waals surface area contributed by atoms with Gasteiger partial charge in [0.05, 0.1) is 13.2 Å². The number of benzene rings is 1. The van der Waals surface area contributed by atoms with Gasteiger partial charge in [-0.25, -0.2) is 9.18 Å². The van der Waals surface area contributed by atoms with Crippen LogP contribution in [0.25, 0.3) is 6.08 Å². The van der Waals surface area contributed by atoms with Gasteiger partial charge < -0.3 is 15.3 Å². The minimum absolute atomic E-state index is 0.0545. The first-order valence-corrected chi connectivity index (χ1v) is 6.19. The summed E-state index contributed by atoms with van der Waals surface area (Å²) < 4.78 is 13.5. The van der Waals surface area contributed by atoms with Crippen LogP contribution in [0.2, 0.25) is 0 Å². The van der Waals surface area contributed by atoms with Crippen LogP contribution in [0.4, 0.5) is 4.39 Å². The fourth-order valence-electron chi connectivity index (χ4n) is 1.84. The van der Waals surface area contributed by atoms with E-state index in [-0.39, 0.29) is 13.2 Å². The molecule has 0 spiro atoms. The molecule has 0 aliphatic rings. The van der Waals surface area contributed by atoms with Crippen LogP contribution in [0.3, 0.4) is 0 Å². The summed E-state index contributed by atoms with van der Waals surface area (Å²) in [5.41, 5.74) is 1.10. The zero-order chi connectivity index (χ0) is 15.0. The Balaban J connectivity index is 2.85. The van der Waals surface area contributed by atoms with E-state index in [1.165, 1.54) is 18.2 Å². The Kier molecular flexibility index (Phi) is 6.86. The van der Waals surface area contributed by atoms with Crippen molar-refractivity contribution in [2.24, 2.45) is 0 Å². The summed E-state index contributed by atoms with van der Waals surface area (Å²) in [6.07, 6.45) is 2.26. The average Bonchev–Trinajstić information content (AvgIpc) is 2.36. The maximum atomic E-state index is 13.5. The molecule has 1 rings (SSSR count). The second kappa shape index (κ2) is 8.42. The van der Waals surface area contributed by atoms with Gasteiger partial charge in [-0.3, -0.25) is 4.90 Å². The van der Waals surface area contributed by atoms with Gasteiger partial charge in [-0.1, -0.05) is 6.07 Å². The van der Waals surface area contributed by atoms with Crippen LogP contribution in [-0.4, -0.2) is 52.5 Å². The highest BCUT2D eigenvalue weighted by Crippen LogP contribution is 2.13. The van der Waals surface area contributed by atoms with Gasteiger partial charge in [0.1, 0.15) is 5.82 Å². The Bertz CT molecular complexity index is 470. The van der Waals surface area contributed by atoms with Gasteiger partial charge in [-0.2, -0.15) is 0 Å². The molecule has 0 amide bonds. The zero-order valence-corrected chi connectivity index (χ0v) is 11.0. The second-order valence-corrected chi connectivity index (χ2v) is 4.29. The Morgan fingerprint density at radius 2 is 1.85 bits per heavy atom. The Hall–Kier alpha value is -1.76. The molecule has 0 aliphatic carbocycles. The Morgan fingerprint density at radius 3 is 2.40 bits per heavy atom. The first-order valence-electron chi connectivity index (χ1n) is 6.19. The van der Waals surface area contributed by atoms with Crippen LogP contribution in [0.5, 0.6) is 0 Å². The van der Waals surface area contributed by atoms with Crippen LogP contribution < -0.4 is 0 Å². The van der Waals surface area contributed by atoms with Crippen molar-refractivity contribution in [1.82, 2.24) is 4.90 Å². The van der Waals surface area contributed by atoms with Crippen LogP contribution in [-0.2, 0) is 11.3 Å². The molecule has 0 saturated carbocycles. The van der Waals surface area contributed by atoms with Crippen molar-refractivity contribution < 1.29 is 24.5 Å². The molecule has 0 heterocycles. The van der Waals surface area contributed by atoms with Crippen molar-refractivity contribution in [3.8, 4) is 0 Å². The van der Waals surface area contributed by atoms with Gasteiger partial charge in [0.2, 0.25) is 0 Å². The van der Waals surface area contributed by atoms with Crippen LogP contribution in [0, 0.1) is 5.82 Å². The Morgan fingerprint density at radius 1 is 1.20 bits per heavy atom. The van der Waals surface area contributed by atoms with E-state index in [1.54, 1.807) is 11.0 Å². The molecule has 0 aliphatic heterocycles. The number of halogens is 1. The normalized spacial score (nSPS) is 11.4. The number of aliphatic carboxylic acids is 1. The van der Waals surface area contributed by atoms with Crippen molar-refractivity contribution in [3.05, 3.63) is 41.2 Å². The number of carboxylic acids is 1. The standard InChI is InChI=1S/C14H18FNO4/c15-13-8-11(1-2-14(19)20)7-12(9-13)10-16(3-5-17)4-6-18/h1-2,7-9,17-18H,3-6,10H2,(H,19,20). The molecule has 0 aromatic heterocycles. The molecular formula is C14H18FNO4. The van der Waals surface area contributed by atoms with E-state index < -0.39 is 11.8 Å². The van der Waals surface area contributed by atoms with Crippen LogP contribution in [0.1, 0.15) is 11.1 Å². The lowest BCUT2D eigenvalue weighted by molar-refractivity contribution is -0.131. The maximum Gasteiger partial charge on any atom is 0.328 e. The summed E-state index contributed by atoms with van der Waals surface area (Å²) in [5.74, 6) is -1.56. The number of nitrogens with zero attached hydrogens (tertiary/aromatic N) is 1. The molecule has 5 nitrogen and oxygen atoms in total. The van der Waals surface area contributed by atoms with Gasteiger partial charge in [0.15, 0.2) is 0 Å². The quantitative estimate of drug-likeness (QED) is 0.612. The van der Waals surface area contributed by atoms with E-state index in [4.69, 9.17) is 15.3 Å². The topological polar surface area (TPSA) is 81.0 Å². The fraction of sp³-hybridized carbons (Fsp3) is 0.357. The highest BCUT2D eigenvalue weighted by molar-refractivity contribution is 5.85. The fourth-order valence-corrected chi connectivity index (χ4v) is 1.84. The van der Waals surface area contributed by atoms with Crippen molar-refractivity contribution >= 4 is 12.0 Å². The maximum absolute atomic E-state index is 13.5. The summed E-state index contributed by atoms with van der Waals surface area (Å²) in [5, 5.41) is 26.4. The van der Waals surface area contributed by atoms with Gasteiger partial charge in [0, 0.05) is 25.7 Å². The largest absolute Gasteiger partial charge is 0.478 e. The smallest absolute Gasteiger partial charge is 0.328 e. The predicted molar refractivity (Wildman–Crippen MR) is 72.5 cm³/mol. The molecule has 0 atom stereocenters. The molecule has 0 bridgehead atoms. The third kappa shape index (κ3) is 5.92. The van der Waals surface area contributed by atoms with Crippen LogP contribution >= 0.6 is 0 Å². The number of aliphatic hydroxyl groups excluding tert-OH is 2. The summed E-state index contributed by atoms with van der Waals surface area (Å²) in [7, 11) is 0. The minimum atomic E-state index is -1.10. The van der Waals surface area contributed by atoms with Crippen molar-refractivity contribution in [2.75, 3.05) is 26.3 Å². The Labute approximate surface area is 116 Å². The zero-order valence-electron chi connectivity index (χ0n) is 11.0. The summed E-state index contributed by atoms with van der Waals surface area (Å²) in [4.78, 5) is 12.2. The molecule has 6 heteroatoms. The van der Waals surface area contributed by atoms with Gasteiger partial charge >= 0.3 is 5.97 Å².